The highest BCUT2D eigenvalue weighted by Gasteiger charge is 2.18. The first kappa shape index (κ1) is 14.6. The molecule has 0 fully saturated rings. The highest BCUT2D eigenvalue weighted by molar-refractivity contribution is 7.16. The Morgan fingerprint density at radius 2 is 1.85 bits per heavy atom. The third-order valence-electron chi connectivity index (χ3n) is 2.77. The molecule has 2 aromatic rings. The number of nitrogens with one attached hydrogen (secondary N) is 1. The normalized spacial score (nSPS) is 11.9. The summed E-state index contributed by atoms with van der Waals surface area (Å²) in [6.45, 7) is 1.82. The van der Waals surface area contributed by atoms with Crippen molar-refractivity contribution in [1.82, 2.24) is 5.32 Å². The monoisotopic (exact) mass is 309 g/mol. The quantitative estimate of drug-likeness (QED) is 0.907. The summed E-state index contributed by atoms with van der Waals surface area (Å²) in [5, 5.41) is 11.8. The van der Waals surface area contributed by atoms with Crippen LogP contribution >= 0.6 is 22.9 Å². The summed E-state index contributed by atoms with van der Waals surface area (Å²) in [6.07, 6.45) is 0. The van der Waals surface area contributed by atoms with E-state index in [-0.39, 0.29) is 17.2 Å². The van der Waals surface area contributed by atoms with Gasteiger partial charge >= 0.3 is 5.97 Å². The Morgan fingerprint density at radius 3 is 2.40 bits per heavy atom. The number of carbonyl (C=O) groups excluding carboxylic acids is 1. The Hall–Kier alpha value is -1.85. The van der Waals surface area contributed by atoms with E-state index in [0.29, 0.717) is 4.34 Å². The molecule has 2 N–H and O–H groups in total. The van der Waals surface area contributed by atoms with Crippen LogP contribution in [0, 0.1) is 0 Å². The van der Waals surface area contributed by atoms with E-state index in [1.807, 2.05) is 13.0 Å². The Morgan fingerprint density at radius 1 is 1.20 bits per heavy atom. The zero-order valence-corrected chi connectivity index (χ0v) is 12.2. The lowest BCUT2D eigenvalue weighted by atomic mass is 10.1. The van der Waals surface area contributed by atoms with Crippen LogP contribution in [-0.2, 0) is 0 Å². The lowest BCUT2D eigenvalue weighted by molar-refractivity contribution is 0.0690. The summed E-state index contributed by atoms with van der Waals surface area (Å²) >= 11 is 7.23. The van der Waals surface area contributed by atoms with Gasteiger partial charge in [0, 0.05) is 4.88 Å². The summed E-state index contributed by atoms with van der Waals surface area (Å²) in [4.78, 5) is 24.2. The second-order valence-electron chi connectivity index (χ2n) is 4.19. The molecule has 0 spiro atoms. The molecule has 0 aliphatic carbocycles. The Labute approximate surface area is 125 Å². The fraction of sp³-hybridized carbons (Fsp3) is 0.143. The van der Waals surface area contributed by atoms with Gasteiger partial charge in [0.2, 0.25) is 0 Å². The Balaban J connectivity index is 2.18. The maximum Gasteiger partial charge on any atom is 0.336 e. The lowest BCUT2D eigenvalue weighted by Gasteiger charge is -2.13. The molecular weight excluding hydrogens is 298 g/mol. The summed E-state index contributed by atoms with van der Waals surface area (Å²) in [7, 11) is 0. The van der Waals surface area contributed by atoms with Gasteiger partial charge in [-0.2, -0.15) is 0 Å². The highest BCUT2D eigenvalue weighted by atomic mass is 35.5. The van der Waals surface area contributed by atoms with Gasteiger partial charge in [-0.05, 0) is 31.2 Å². The average Bonchev–Trinajstić information content (AvgIpc) is 2.85. The molecule has 1 aromatic carbocycles. The maximum atomic E-state index is 12.2. The van der Waals surface area contributed by atoms with Gasteiger partial charge in [-0.3, -0.25) is 4.79 Å². The van der Waals surface area contributed by atoms with Crippen molar-refractivity contribution in [1.29, 1.82) is 0 Å². The molecule has 6 heteroatoms. The predicted octanol–water partition coefficient (Wildman–Crippen LogP) is 3.59. The van der Waals surface area contributed by atoms with Gasteiger partial charge in [0.15, 0.2) is 0 Å². The minimum atomic E-state index is -1.12. The standard InChI is InChI=1S/C14H12ClNO3S/c1-8(11-6-7-12(15)20-11)16-13(17)9-4-2-3-5-10(9)14(18)19/h2-8H,1H3,(H,16,17)(H,18,19). The minimum absolute atomic E-state index is 0.0126. The lowest BCUT2D eigenvalue weighted by Crippen LogP contribution is -2.27. The molecule has 0 bridgehead atoms. The molecule has 1 atom stereocenters. The van der Waals surface area contributed by atoms with Crippen molar-refractivity contribution in [2.24, 2.45) is 0 Å². The highest BCUT2D eigenvalue weighted by Crippen LogP contribution is 2.26. The maximum absolute atomic E-state index is 12.2. The molecule has 1 aromatic heterocycles. The first-order valence-electron chi connectivity index (χ1n) is 5.87. The number of amides is 1. The van der Waals surface area contributed by atoms with Crippen LogP contribution < -0.4 is 5.32 Å². The van der Waals surface area contributed by atoms with E-state index >= 15 is 0 Å². The second-order valence-corrected chi connectivity index (χ2v) is 5.93. The molecular formula is C14H12ClNO3S. The number of thiophene rings is 1. The van der Waals surface area contributed by atoms with E-state index in [1.54, 1.807) is 18.2 Å². The predicted molar refractivity (Wildman–Crippen MR) is 78.6 cm³/mol. The summed E-state index contributed by atoms with van der Waals surface area (Å²) in [5.41, 5.74) is 0.135. The summed E-state index contributed by atoms with van der Waals surface area (Å²) < 4.78 is 0.645. The number of carbonyl (C=O) groups is 2. The fourth-order valence-electron chi connectivity index (χ4n) is 1.77. The van der Waals surface area contributed by atoms with Crippen LogP contribution in [0.1, 0.15) is 38.6 Å². The van der Waals surface area contributed by atoms with E-state index in [2.05, 4.69) is 5.32 Å². The average molecular weight is 310 g/mol. The van der Waals surface area contributed by atoms with Crippen LogP contribution in [0.3, 0.4) is 0 Å². The molecule has 0 aliphatic heterocycles. The number of halogens is 1. The van der Waals surface area contributed by atoms with Crippen LogP contribution in [0.2, 0.25) is 4.34 Å². The van der Waals surface area contributed by atoms with Crippen molar-refractivity contribution in [2.45, 2.75) is 13.0 Å². The van der Waals surface area contributed by atoms with Gasteiger partial charge < -0.3 is 10.4 Å². The second kappa shape index (κ2) is 6.07. The molecule has 2 rings (SSSR count). The first-order chi connectivity index (χ1) is 9.49. The van der Waals surface area contributed by atoms with Gasteiger partial charge in [-0.25, -0.2) is 4.79 Å². The third-order valence-corrected chi connectivity index (χ3v) is 4.18. The number of carboxylic acid groups (broad SMARTS) is 1. The smallest absolute Gasteiger partial charge is 0.336 e. The van der Waals surface area contributed by atoms with Gasteiger partial charge in [0.05, 0.1) is 21.5 Å². The zero-order chi connectivity index (χ0) is 14.7. The topological polar surface area (TPSA) is 66.4 Å². The van der Waals surface area contributed by atoms with E-state index in [1.165, 1.54) is 23.5 Å². The van der Waals surface area contributed by atoms with Crippen LogP contribution in [0.25, 0.3) is 0 Å². The number of carboxylic acids is 1. The first-order valence-corrected chi connectivity index (χ1v) is 7.07. The van der Waals surface area contributed by atoms with Crippen LogP contribution in [-0.4, -0.2) is 17.0 Å². The number of benzene rings is 1. The number of aromatic carboxylic acids is 1. The van der Waals surface area contributed by atoms with Crippen molar-refractivity contribution in [2.75, 3.05) is 0 Å². The van der Waals surface area contributed by atoms with Crippen LogP contribution in [0.5, 0.6) is 0 Å². The van der Waals surface area contributed by atoms with Gasteiger partial charge in [-0.1, -0.05) is 23.7 Å². The molecule has 1 heterocycles. The Kier molecular flexibility index (Phi) is 4.42. The van der Waals surface area contributed by atoms with Crippen molar-refractivity contribution < 1.29 is 14.7 Å². The zero-order valence-electron chi connectivity index (χ0n) is 10.6. The van der Waals surface area contributed by atoms with Gasteiger partial charge in [0.25, 0.3) is 5.91 Å². The van der Waals surface area contributed by atoms with Crippen molar-refractivity contribution in [3.63, 3.8) is 0 Å². The van der Waals surface area contributed by atoms with Crippen LogP contribution in [0.15, 0.2) is 36.4 Å². The number of rotatable bonds is 4. The van der Waals surface area contributed by atoms with Crippen molar-refractivity contribution in [3.8, 4) is 0 Å². The SMILES string of the molecule is CC(NC(=O)c1ccccc1C(=O)O)c1ccc(Cl)s1. The van der Waals surface area contributed by atoms with Gasteiger partial charge in [0.1, 0.15) is 0 Å². The molecule has 0 saturated heterocycles. The molecule has 0 aliphatic rings. The summed E-state index contributed by atoms with van der Waals surface area (Å²) in [5.74, 6) is -1.54. The van der Waals surface area contributed by atoms with E-state index in [4.69, 9.17) is 16.7 Å². The van der Waals surface area contributed by atoms with E-state index < -0.39 is 11.9 Å². The number of hydrogen-bond acceptors (Lipinski definition) is 3. The Bertz CT molecular complexity index is 653. The number of hydrogen-bond donors (Lipinski definition) is 2. The van der Waals surface area contributed by atoms with E-state index in [9.17, 15) is 9.59 Å². The molecule has 4 nitrogen and oxygen atoms in total. The van der Waals surface area contributed by atoms with Crippen LogP contribution in [0.4, 0.5) is 0 Å². The molecule has 1 unspecified atom stereocenters. The molecule has 0 saturated carbocycles. The molecule has 0 radical (unpaired) electrons. The largest absolute Gasteiger partial charge is 0.478 e. The van der Waals surface area contributed by atoms with Crippen molar-refractivity contribution in [3.05, 3.63) is 56.7 Å². The van der Waals surface area contributed by atoms with E-state index in [0.717, 1.165) is 4.88 Å². The van der Waals surface area contributed by atoms with Gasteiger partial charge in [-0.15, -0.1) is 11.3 Å². The summed E-state index contributed by atoms with van der Waals surface area (Å²) in [6, 6.07) is 9.48. The molecule has 20 heavy (non-hydrogen) atoms. The molecule has 1 amide bonds. The van der Waals surface area contributed by atoms with Crippen molar-refractivity contribution >= 4 is 34.8 Å². The minimum Gasteiger partial charge on any atom is -0.478 e. The third kappa shape index (κ3) is 3.18. The fourth-order valence-corrected chi connectivity index (χ4v) is 2.84. The molecule has 104 valence electrons.